The average molecular weight is 345 g/mol. The van der Waals surface area contributed by atoms with Crippen LogP contribution in [-0.2, 0) is 0 Å². The van der Waals surface area contributed by atoms with Gasteiger partial charge in [0.25, 0.3) is 5.91 Å². The number of amides is 1. The van der Waals surface area contributed by atoms with Crippen molar-refractivity contribution < 1.29 is 4.79 Å². The maximum Gasteiger partial charge on any atom is 0.252 e. The van der Waals surface area contributed by atoms with Crippen LogP contribution in [0.3, 0.4) is 0 Å². The number of alkyl halides is 1. The van der Waals surface area contributed by atoms with Crippen molar-refractivity contribution in [1.29, 1.82) is 0 Å². The first-order valence-electron chi connectivity index (χ1n) is 6.72. The standard InChI is InChI=1S/C15H19BrClNO/c1-10-4-2-7-13(14(10)17)15(19)18-9-12-6-3-5-11(12)8-16/h2,4,7,11-12H,3,5-6,8-9H2,1H3,(H,18,19). The Morgan fingerprint density at radius 1 is 1.42 bits per heavy atom. The van der Waals surface area contributed by atoms with Gasteiger partial charge in [0.15, 0.2) is 0 Å². The van der Waals surface area contributed by atoms with Crippen LogP contribution < -0.4 is 5.32 Å². The van der Waals surface area contributed by atoms with E-state index in [4.69, 9.17) is 11.6 Å². The van der Waals surface area contributed by atoms with E-state index in [2.05, 4.69) is 21.2 Å². The molecule has 2 atom stereocenters. The zero-order valence-corrected chi connectivity index (χ0v) is 13.4. The van der Waals surface area contributed by atoms with E-state index in [0.717, 1.165) is 17.4 Å². The first kappa shape index (κ1) is 14.9. The summed E-state index contributed by atoms with van der Waals surface area (Å²) in [5, 5.41) is 4.61. The molecule has 0 aliphatic heterocycles. The monoisotopic (exact) mass is 343 g/mol. The highest BCUT2D eigenvalue weighted by Crippen LogP contribution is 2.32. The van der Waals surface area contributed by atoms with Gasteiger partial charge >= 0.3 is 0 Å². The summed E-state index contributed by atoms with van der Waals surface area (Å²) in [6, 6.07) is 5.56. The van der Waals surface area contributed by atoms with Crippen molar-refractivity contribution in [2.45, 2.75) is 26.2 Å². The number of benzene rings is 1. The van der Waals surface area contributed by atoms with Crippen molar-refractivity contribution in [3.8, 4) is 0 Å². The van der Waals surface area contributed by atoms with Gasteiger partial charge in [-0.15, -0.1) is 0 Å². The van der Waals surface area contributed by atoms with Crippen LogP contribution in [0.25, 0.3) is 0 Å². The molecule has 1 fully saturated rings. The number of halogens is 2. The minimum atomic E-state index is -0.0612. The van der Waals surface area contributed by atoms with Gasteiger partial charge in [-0.2, -0.15) is 0 Å². The highest BCUT2D eigenvalue weighted by Gasteiger charge is 2.26. The second kappa shape index (κ2) is 6.76. The normalized spacial score (nSPS) is 22.5. The lowest BCUT2D eigenvalue weighted by Gasteiger charge is -2.18. The molecule has 2 nitrogen and oxygen atoms in total. The molecule has 4 heteroatoms. The van der Waals surface area contributed by atoms with E-state index in [1.165, 1.54) is 19.3 Å². The molecule has 0 saturated heterocycles. The Morgan fingerprint density at radius 3 is 2.89 bits per heavy atom. The summed E-state index contributed by atoms with van der Waals surface area (Å²) in [7, 11) is 0. The van der Waals surface area contributed by atoms with Crippen LogP contribution in [0.4, 0.5) is 0 Å². The fourth-order valence-corrected chi connectivity index (χ4v) is 3.79. The number of nitrogens with one attached hydrogen (secondary N) is 1. The molecule has 1 saturated carbocycles. The summed E-state index contributed by atoms with van der Waals surface area (Å²) in [5.74, 6) is 1.22. The minimum absolute atomic E-state index is 0.0612. The molecule has 0 spiro atoms. The second-order valence-electron chi connectivity index (χ2n) is 5.25. The molecule has 1 aromatic rings. The average Bonchev–Trinajstić information content (AvgIpc) is 2.86. The van der Waals surface area contributed by atoms with Gasteiger partial charge in [-0.05, 0) is 43.2 Å². The molecule has 1 aliphatic rings. The molecule has 0 aromatic heterocycles. The molecule has 1 aliphatic carbocycles. The fourth-order valence-electron chi connectivity index (χ4n) is 2.73. The van der Waals surface area contributed by atoms with Gasteiger partial charge in [-0.1, -0.05) is 46.1 Å². The zero-order chi connectivity index (χ0) is 13.8. The summed E-state index contributed by atoms with van der Waals surface area (Å²) in [6.07, 6.45) is 3.73. The van der Waals surface area contributed by atoms with Crippen molar-refractivity contribution >= 4 is 33.4 Å². The van der Waals surface area contributed by atoms with E-state index in [1.807, 2.05) is 19.1 Å². The molecule has 0 heterocycles. The van der Waals surface area contributed by atoms with Crippen LogP contribution in [-0.4, -0.2) is 17.8 Å². The molecule has 2 unspecified atom stereocenters. The Balaban J connectivity index is 1.96. The highest BCUT2D eigenvalue weighted by atomic mass is 79.9. The van der Waals surface area contributed by atoms with E-state index >= 15 is 0 Å². The number of carbonyl (C=O) groups excluding carboxylic acids is 1. The Hall–Kier alpha value is -0.540. The van der Waals surface area contributed by atoms with Crippen LogP contribution in [0, 0.1) is 18.8 Å². The van der Waals surface area contributed by atoms with Crippen molar-refractivity contribution in [3.05, 3.63) is 34.3 Å². The number of aryl methyl sites for hydroxylation is 1. The smallest absolute Gasteiger partial charge is 0.252 e. The van der Waals surface area contributed by atoms with Gasteiger partial charge in [-0.3, -0.25) is 4.79 Å². The predicted octanol–water partition coefficient (Wildman–Crippen LogP) is 4.19. The van der Waals surface area contributed by atoms with Crippen molar-refractivity contribution in [3.63, 3.8) is 0 Å². The molecule has 1 aromatic carbocycles. The molecule has 1 amide bonds. The van der Waals surface area contributed by atoms with E-state index in [9.17, 15) is 4.79 Å². The summed E-state index contributed by atoms with van der Waals surface area (Å²) in [6.45, 7) is 2.66. The molecule has 19 heavy (non-hydrogen) atoms. The van der Waals surface area contributed by atoms with E-state index in [-0.39, 0.29) is 5.91 Å². The third kappa shape index (κ3) is 3.51. The summed E-state index contributed by atoms with van der Waals surface area (Å²) in [4.78, 5) is 12.2. The third-order valence-electron chi connectivity index (χ3n) is 3.98. The summed E-state index contributed by atoms with van der Waals surface area (Å²) < 4.78 is 0. The Bertz CT molecular complexity index is 463. The number of carbonyl (C=O) groups is 1. The van der Waals surface area contributed by atoms with Gasteiger partial charge < -0.3 is 5.32 Å². The topological polar surface area (TPSA) is 29.1 Å². The number of hydrogen-bond donors (Lipinski definition) is 1. The van der Waals surface area contributed by atoms with E-state index < -0.39 is 0 Å². The molecule has 0 radical (unpaired) electrons. The highest BCUT2D eigenvalue weighted by molar-refractivity contribution is 9.09. The lowest BCUT2D eigenvalue weighted by molar-refractivity contribution is 0.0945. The van der Waals surface area contributed by atoms with Gasteiger partial charge in [0, 0.05) is 11.9 Å². The zero-order valence-electron chi connectivity index (χ0n) is 11.1. The van der Waals surface area contributed by atoms with Crippen LogP contribution in [0.2, 0.25) is 5.02 Å². The Morgan fingerprint density at radius 2 is 2.16 bits per heavy atom. The first-order chi connectivity index (χ1) is 9.13. The van der Waals surface area contributed by atoms with Crippen LogP contribution >= 0.6 is 27.5 Å². The summed E-state index contributed by atoms with van der Waals surface area (Å²) in [5.41, 5.74) is 1.52. The van der Waals surface area contributed by atoms with Crippen LogP contribution in [0.15, 0.2) is 18.2 Å². The van der Waals surface area contributed by atoms with Gasteiger partial charge in [0.1, 0.15) is 0 Å². The molecule has 0 bridgehead atoms. The Labute approximate surface area is 128 Å². The van der Waals surface area contributed by atoms with Crippen molar-refractivity contribution in [2.75, 3.05) is 11.9 Å². The number of rotatable bonds is 4. The summed E-state index contributed by atoms with van der Waals surface area (Å²) >= 11 is 9.73. The van der Waals surface area contributed by atoms with Gasteiger partial charge in [-0.25, -0.2) is 0 Å². The minimum Gasteiger partial charge on any atom is -0.352 e. The maximum atomic E-state index is 12.2. The number of hydrogen-bond acceptors (Lipinski definition) is 1. The SMILES string of the molecule is Cc1cccc(C(=O)NCC2CCCC2CBr)c1Cl. The lowest BCUT2D eigenvalue weighted by Crippen LogP contribution is -2.31. The third-order valence-corrected chi connectivity index (χ3v) is 5.31. The molecular weight excluding hydrogens is 326 g/mol. The van der Waals surface area contributed by atoms with Crippen molar-refractivity contribution in [2.24, 2.45) is 11.8 Å². The van der Waals surface area contributed by atoms with Crippen LogP contribution in [0.1, 0.15) is 35.2 Å². The quantitative estimate of drug-likeness (QED) is 0.815. The Kier molecular flexibility index (Phi) is 5.28. The molecule has 1 N–H and O–H groups in total. The second-order valence-corrected chi connectivity index (χ2v) is 6.28. The van der Waals surface area contributed by atoms with Crippen LogP contribution in [0.5, 0.6) is 0 Å². The first-order valence-corrected chi connectivity index (χ1v) is 8.22. The maximum absolute atomic E-state index is 12.2. The van der Waals surface area contributed by atoms with Gasteiger partial charge in [0.05, 0.1) is 10.6 Å². The molecule has 2 rings (SSSR count). The van der Waals surface area contributed by atoms with E-state index in [0.29, 0.717) is 22.4 Å². The lowest BCUT2D eigenvalue weighted by atomic mass is 9.98. The van der Waals surface area contributed by atoms with E-state index in [1.54, 1.807) is 6.07 Å². The fraction of sp³-hybridized carbons (Fsp3) is 0.533. The predicted molar refractivity (Wildman–Crippen MR) is 83.1 cm³/mol. The molecular formula is C15H19BrClNO. The molecule has 104 valence electrons. The van der Waals surface area contributed by atoms with Crippen molar-refractivity contribution in [1.82, 2.24) is 5.32 Å². The largest absolute Gasteiger partial charge is 0.352 e. The van der Waals surface area contributed by atoms with Gasteiger partial charge in [0.2, 0.25) is 0 Å².